The van der Waals surface area contributed by atoms with Crippen molar-refractivity contribution < 1.29 is 23.0 Å². The number of pyridine rings is 1. The number of benzene rings is 1. The molecule has 126 valence electrons. The highest BCUT2D eigenvalue weighted by Gasteiger charge is 2.22. The van der Waals surface area contributed by atoms with Gasteiger partial charge in [0.15, 0.2) is 0 Å². The normalized spacial score (nSPS) is 14.2. The fraction of sp³-hybridized carbons (Fsp3) is 0.250. The van der Waals surface area contributed by atoms with Crippen LogP contribution in [0.25, 0.3) is 11.1 Å². The molecule has 1 aliphatic heterocycles. The molecule has 1 amide bonds. The molecule has 8 heteroatoms. The standard InChI is InChI=1S/C16H13ClF2N2O3/c17-13-2-1-11(6-14(13)24-15(18)19)12-5-10(7-20-8-12)9-21-3-4-23-16(21)22/h1-2,5-8,15H,3-4,9H2. The van der Waals surface area contributed by atoms with Crippen LogP contribution in [0.4, 0.5) is 13.6 Å². The number of aromatic nitrogens is 1. The molecule has 1 saturated heterocycles. The van der Waals surface area contributed by atoms with Crippen LogP contribution in [0.5, 0.6) is 5.75 Å². The first-order valence-corrected chi connectivity index (χ1v) is 7.51. The molecule has 1 aliphatic rings. The van der Waals surface area contributed by atoms with Crippen LogP contribution in [0.15, 0.2) is 36.7 Å². The number of cyclic esters (lactones) is 1. The van der Waals surface area contributed by atoms with Gasteiger partial charge in [-0.1, -0.05) is 17.7 Å². The molecule has 0 unspecified atom stereocenters. The van der Waals surface area contributed by atoms with Crippen molar-refractivity contribution in [2.45, 2.75) is 13.2 Å². The van der Waals surface area contributed by atoms with Crippen LogP contribution in [-0.4, -0.2) is 35.7 Å². The zero-order valence-corrected chi connectivity index (χ0v) is 13.2. The molecule has 24 heavy (non-hydrogen) atoms. The molecule has 0 spiro atoms. The topological polar surface area (TPSA) is 51.7 Å². The molecule has 5 nitrogen and oxygen atoms in total. The Labute approximate surface area is 141 Å². The van der Waals surface area contributed by atoms with Crippen LogP contribution < -0.4 is 4.74 Å². The lowest BCUT2D eigenvalue weighted by molar-refractivity contribution is -0.0497. The smallest absolute Gasteiger partial charge is 0.410 e. The Morgan fingerprint density at radius 2 is 2.12 bits per heavy atom. The van der Waals surface area contributed by atoms with Crippen molar-refractivity contribution in [2.24, 2.45) is 0 Å². The van der Waals surface area contributed by atoms with Gasteiger partial charge in [-0.05, 0) is 29.3 Å². The van der Waals surface area contributed by atoms with E-state index < -0.39 is 6.61 Å². The first-order valence-electron chi connectivity index (χ1n) is 7.13. The molecule has 0 saturated carbocycles. The lowest BCUT2D eigenvalue weighted by atomic mass is 10.1. The van der Waals surface area contributed by atoms with Crippen LogP contribution in [0.3, 0.4) is 0 Å². The first kappa shape index (κ1) is 16.4. The van der Waals surface area contributed by atoms with Gasteiger partial charge in [0.05, 0.1) is 18.1 Å². The van der Waals surface area contributed by atoms with E-state index >= 15 is 0 Å². The molecule has 2 aromatic rings. The van der Waals surface area contributed by atoms with Crippen molar-refractivity contribution >= 4 is 17.7 Å². The first-order chi connectivity index (χ1) is 11.5. The molecule has 2 heterocycles. The highest BCUT2D eigenvalue weighted by Crippen LogP contribution is 2.31. The van der Waals surface area contributed by atoms with Crippen LogP contribution in [0, 0.1) is 0 Å². The van der Waals surface area contributed by atoms with Gasteiger partial charge in [0.25, 0.3) is 0 Å². The predicted octanol–water partition coefficient (Wildman–Crippen LogP) is 3.96. The summed E-state index contributed by atoms with van der Waals surface area (Å²) in [6.07, 6.45) is 2.88. The number of halogens is 3. The molecule has 0 atom stereocenters. The Morgan fingerprint density at radius 1 is 1.29 bits per heavy atom. The van der Waals surface area contributed by atoms with E-state index in [1.165, 1.54) is 12.1 Å². The largest absolute Gasteiger partial charge is 0.448 e. The highest BCUT2D eigenvalue weighted by atomic mass is 35.5. The predicted molar refractivity (Wildman–Crippen MR) is 83.1 cm³/mol. The number of carbonyl (C=O) groups is 1. The second-order valence-corrected chi connectivity index (χ2v) is 5.55. The molecule has 1 fully saturated rings. The summed E-state index contributed by atoms with van der Waals surface area (Å²) >= 11 is 5.86. The Hall–Kier alpha value is -2.41. The Morgan fingerprint density at radius 3 is 2.83 bits per heavy atom. The molecular formula is C16H13ClF2N2O3. The zero-order chi connectivity index (χ0) is 17.1. The van der Waals surface area contributed by atoms with E-state index in [1.54, 1.807) is 23.4 Å². The summed E-state index contributed by atoms with van der Waals surface area (Å²) in [6.45, 7) is -1.69. The number of rotatable bonds is 5. The van der Waals surface area contributed by atoms with E-state index in [1.807, 2.05) is 6.07 Å². The Balaban J connectivity index is 1.84. The van der Waals surface area contributed by atoms with Gasteiger partial charge in [-0.25, -0.2) is 4.79 Å². The molecule has 0 aliphatic carbocycles. The zero-order valence-electron chi connectivity index (χ0n) is 12.4. The summed E-state index contributed by atoms with van der Waals surface area (Å²) in [6, 6.07) is 6.43. The van der Waals surface area contributed by atoms with Gasteiger partial charge < -0.3 is 14.4 Å². The number of carbonyl (C=O) groups excluding carboxylic acids is 1. The molecule has 1 aromatic heterocycles. The SMILES string of the molecule is O=C1OCCN1Cc1cncc(-c2ccc(Cl)c(OC(F)F)c2)c1. The third-order valence-corrected chi connectivity index (χ3v) is 3.81. The van der Waals surface area contributed by atoms with Crippen molar-refractivity contribution in [3.63, 3.8) is 0 Å². The quantitative estimate of drug-likeness (QED) is 0.815. The number of ether oxygens (including phenoxy) is 2. The number of amides is 1. The fourth-order valence-corrected chi connectivity index (χ4v) is 2.55. The van der Waals surface area contributed by atoms with Crippen molar-refractivity contribution in [2.75, 3.05) is 13.2 Å². The maximum Gasteiger partial charge on any atom is 0.410 e. The minimum atomic E-state index is -2.96. The molecule has 1 aromatic carbocycles. The van der Waals surface area contributed by atoms with Gasteiger partial charge in [-0.2, -0.15) is 8.78 Å². The summed E-state index contributed by atoms with van der Waals surface area (Å²) in [5, 5.41) is 0.1000. The maximum atomic E-state index is 12.4. The number of alkyl halides is 2. The minimum absolute atomic E-state index is 0.0994. The number of hydrogen-bond acceptors (Lipinski definition) is 4. The number of hydrogen-bond donors (Lipinski definition) is 0. The Kier molecular flexibility index (Phi) is 4.80. The molecule has 0 bridgehead atoms. The third-order valence-electron chi connectivity index (χ3n) is 3.49. The average molecular weight is 355 g/mol. The van der Waals surface area contributed by atoms with Crippen molar-refractivity contribution in [1.29, 1.82) is 0 Å². The maximum absolute atomic E-state index is 12.4. The summed E-state index contributed by atoms with van der Waals surface area (Å²) in [5.74, 6) is -0.0994. The van der Waals surface area contributed by atoms with Gasteiger partial charge in [0.2, 0.25) is 0 Å². The van der Waals surface area contributed by atoms with E-state index in [0.29, 0.717) is 30.8 Å². The summed E-state index contributed by atoms with van der Waals surface area (Å²) in [4.78, 5) is 17.2. The van der Waals surface area contributed by atoms with E-state index in [-0.39, 0.29) is 16.9 Å². The monoisotopic (exact) mass is 354 g/mol. The van der Waals surface area contributed by atoms with Crippen molar-refractivity contribution in [3.8, 4) is 16.9 Å². The van der Waals surface area contributed by atoms with Crippen LogP contribution >= 0.6 is 11.6 Å². The fourth-order valence-electron chi connectivity index (χ4n) is 2.39. The summed E-state index contributed by atoms with van der Waals surface area (Å²) in [7, 11) is 0. The van der Waals surface area contributed by atoms with Gasteiger partial charge in [0.1, 0.15) is 12.4 Å². The Bertz CT molecular complexity index is 758. The number of nitrogens with zero attached hydrogens (tertiary/aromatic N) is 2. The van der Waals surface area contributed by atoms with Crippen molar-refractivity contribution in [3.05, 3.63) is 47.2 Å². The van der Waals surface area contributed by atoms with E-state index in [2.05, 4.69) is 9.72 Å². The van der Waals surface area contributed by atoms with E-state index in [9.17, 15) is 13.6 Å². The van der Waals surface area contributed by atoms with Gasteiger partial charge in [-0.3, -0.25) is 4.98 Å². The summed E-state index contributed by atoms with van der Waals surface area (Å²) in [5.41, 5.74) is 2.14. The molecule has 0 N–H and O–H groups in total. The average Bonchev–Trinajstić information content (AvgIpc) is 2.94. The lowest BCUT2D eigenvalue weighted by Crippen LogP contribution is -2.23. The van der Waals surface area contributed by atoms with E-state index in [4.69, 9.17) is 16.3 Å². The second-order valence-electron chi connectivity index (χ2n) is 5.14. The van der Waals surface area contributed by atoms with Crippen LogP contribution in [0.1, 0.15) is 5.56 Å². The van der Waals surface area contributed by atoms with E-state index in [0.717, 1.165) is 5.56 Å². The van der Waals surface area contributed by atoms with Crippen molar-refractivity contribution in [1.82, 2.24) is 9.88 Å². The molecule has 0 radical (unpaired) electrons. The highest BCUT2D eigenvalue weighted by molar-refractivity contribution is 6.32. The molecular weight excluding hydrogens is 342 g/mol. The summed E-state index contributed by atoms with van der Waals surface area (Å²) < 4.78 is 34.1. The lowest BCUT2D eigenvalue weighted by Gasteiger charge is -2.13. The second kappa shape index (κ2) is 7.00. The van der Waals surface area contributed by atoms with Gasteiger partial charge >= 0.3 is 12.7 Å². The van der Waals surface area contributed by atoms with Crippen LogP contribution in [0.2, 0.25) is 5.02 Å². The van der Waals surface area contributed by atoms with Crippen LogP contribution in [-0.2, 0) is 11.3 Å². The van der Waals surface area contributed by atoms with Gasteiger partial charge in [-0.15, -0.1) is 0 Å². The van der Waals surface area contributed by atoms with Gasteiger partial charge in [0, 0.05) is 18.0 Å². The third kappa shape index (κ3) is 3.73. The molecule has 3 rings (SSSR count). The minimum Gasteiger partial charge on any atom is -0.448 e.